The number of hydrogen-bond acceptors (Lipinski definition) is 5. The Labute approximate surface area is 167 Å². The summed E-state index contributed by atoms with van der Waals surface area (Å²) in [5.41, 5.74) is 3.25. The summed E-state index contributed by atoms with van der Waals surface area (Å²) in [5.74, 6) is 1.89. The molecule has 0 saturated heterocycles. The third-order valence-electron chi connectivity index (χ3n) is 4.43. The molecule has 142 valence electrons. The Hall–Kier alpha value is -3.25. The van der Waals surface area contributed by atoms with Crippen LogP contribution < -0.4 is 15.4 Å². The molecule has 4 aromatic rings. The maximum absolute atomic E-state index is 6.17. The van der Waals surface area contributed by atoms with Crippen LogP contribution in [0.1, 0.15) is 5.56 Å². The maximum atomic E-state index is 6.17. The summed E-state index contributed by atoms with van der Waals surface area (Å²) in [4.78, 5) is 12.1. The van der Waals surface area contributed by atoms with Gasteiger partial charge < -0.3 is 20.4 Å². The molecule has 7 heteroatoms. The minimum atomic E-state index is 0.540. The number of H-pyrrole nitrogens is 1. The van der Waals surface area contributed by atoms with E-state index in [1.165, 1.54) is 10.9 Å². The summed E-state index contributed by atoms with van der Waals surface area (Å²) in [6.07, 6.45) is 4.65. The number of hydrogen-bond donors (Lipinski definition) is 3. The van der Waals surface area contributed by atoms with Gasteiger partial charge in [0, 0.05) is 35.5 Å². The van der Waals surface area contributed by atoms with E-state index in [0.717, 1.165) is 24.2 Å². The molecule has 0 aliphatic rings. The Bertz CT molecular complexity index is 1100. The van der Waals surface area contributed by atoms with Crippen molar-refractivity contribution >= 4 is 40.0 Å². The van der Waals surface area contributed by atoms with Gasteiger partial charge in [0.05, 0.1) is 12.1 Å². The molecule has 2 heterocycles. The van der Waals surface area contributed by atoms with Crippen LogP contribution in [0.5, 0.6) is 5.75 Å². The van der Waals surface area contributed by atoms with Crippen molar-refractivity contribution in [2.75, 3.05) is 24.3 Å². The quantitative estimate of drug-likeness (QED) is 0.411. The maximum Gasteiger partial charge on any atom is 0.224 e. The van der Waals surface area contributed by atoms with Crippen molar-refractivity contribution in [3.05, 3.63) is 71.5 Å². The number of fused-ring (bicyclic) bond motifs is 1. The highest BCUT2D eigenvalue weighted by atomic mass is 35.5. The fraction of sp³-hybridized carbons (Fsp3) is 0.143. The van der Waals surface area contributed by atoms with Crippen LogP contribution in [0.3, 0.4) is 0 Å². The lowest BCUT2D eigenvalue weighted by Gasteiger charge is -2.10. The van der Waals surface area contributed by atoms with E-state index in [1.807, 2.05) is 24.3 Å². The lowest BCUT2D eigenvalue weighted by molar-refractivity contribution is 0.415. The van der Waals surface area contributed by atoms with Crippen molar-refractivity contribution in [1.82, 2.24) is 15.0 Å². The van der Waals surface area contributed by atoms with E-state index in [4.69, 9.17) is 16.3 Å². The summed E-state index contributed by atoms with van der Waals surface area (Å²) in [6.45, 7) is 0.736. The highest BCUT2D eigenvalue weighted by molar-refractivity contribution is 6.32. The summed E-state index contributed by atoms with van der Waals surface area (Å²) in [6, 6.07) is 15.6. The van der Waals surface area contributed by atoms with Crippen molar-refractivity contribution in [2.24, 2.45) is 0 Å². The number of benzene rings is 2. The van der Waals surface area contributed by atoms with Crippen molar-refractivity contribution in [3.63, 3.8) is 0 Å². The van der Waals surface area contributed by atoms with E-state index in [1.54, 1.807) is 19.4 Å². The zero-order chi connectivity index (χ0) is 19.3. The number of aromatic nitrogens is 3. The lowest BCUT2D eigenvalue weighted by Crippen LogP contribution is -2.08. The number of halogens is 1. The summed E-state index contributed by atoms with van der Waals surface area (Å²) in [7, 11) is 1.59. The van der Waals surface area contributed by atoms with Crippen molar-refractivity contribution in [3.8, 4) is 5.75 Å². The van der Waals surface area contributed by atoms with Gasteiger partial charge in [0.1, 0.15) is 11.6 Å². The number of nitrogens with zero attached hydrogens (tertiary/aromatic N) is 2. The number of para-hydroxylation sites is 1. The average Bonchev–Trinajstić information content (AvgIpc) is 3.12. The second-order valence-corrected chi connectivity index (χ2v) is 6.68. The summed E-state index contributed by atoms with van der Waals surface area (Å²) in [5, 5.41) is 8.30. The fourth-order valence-corrected chi connectivity index (χ4v) is 3.31. The SMILES string of the molecule is COc1ccc(Nc2ccnc(NCCc3c[nH]c4ccccc34)n2)cc1Cl. The molecule has 2 aromatic carbocycles. The highest BCUT2D eigenvalue weighted by Crippen LogP contribution is 2.28. The molecule has 3 N–H and O–H groups in total. The van der Waals surface area contributed by atoms with Gasteiger partial charge in [-0.15, -0.1) is 0 Å². The number of aromatic amines is 1. The van der Waals surface area contributed by atoms with Crippen molar-refractivity contribution < 1.29 is 4.74 Å². The van der Waals surface area contributed by atoms with Crippen LogP contribution in [0.25, 0.3) is 10.9 Å². The van der Waals surface area contributed by atoms with Crippen LogP contribution in [0, 0.1) is 0 Å². The van der Waals surface area contributed by atoms with Crippen LogP contribution >= 0.6 is 11.6 Å². The van der Waals surface area contributed by atoms with Gasteiger partial charge in [0.25, 0.3) is 0 Å². The van der Waals surface area contributed by atoms with Gasteiger partial charge in [0.2, 0.25) is 5.95 Å². The molecular weight excluding hydrogens is 374 g/mol. The van der Waals surface area contributed by atoms with E-state index in [2.05, 4.69) is 50.0 Å². The predicted octanol–water partition coefficient (Wildman–Crippen LogP) is 5.02. The van der Waals surface area contributed by atoms with Crippen molar-refractivity contribution in [2.45, 2.75) is 6.42 Å². The number of anilines is 3. The zero-order valence-corrected chi connectivity index (χ0v) is 16.1. The van der Waals surface area contributed by atoms with Gasteiger partial charge >= 0.3 is 0 Å². The molecule has 0 radical (unpaired) electrons. The first-order valence-electron chi connectivity index (χ1n) is 8.95. The number of ether oxygens (including phenoxy) is 1. The Morgan fingerprint density at radius 2 is 2.04 bits per heavy atom. The minimum Gasteiger partial charge on any atom is -0.495 e. The second-order valence-electron chi connectivity index (χ2n) is 6.28. The van der Waals surface area contributed by atoms with Crippen LogP contribution in [-0.4, -0.2) is 28.6 Å². The molecule has 0 fully saturated rings. The smallest absolute Gasteiger partial charge is 0.224 e. The molecule has 28 heavy (non-hydrogen) atoms. The predicted molar refractivity (Wildman–Crippen MR) is 114 cm³/mol. The molecule has 0 aliphatic heterocycles. The molecule has 2 aromatic heterocycles. The molecule has 0 spiro atoms. The largest absolute Gasteiger partial charge is 0.495 e. The van der Waals surface area contributed by atoms with Crippen LogP contribution in [0.4, 0.5) is 17.5 Å². The highest BCUT2D eigenvalue weighted by Gasteiger charge is 2.05. The van der Waals surface area contributed by atoms with Crippen LogP contribution in [0.2, 0.25) is 5.02 Å². The molecule has 0 saturated carbocycles. The second kappa shape index (κ2) is 8.19. The molecule has 6 nitrogen and oxygen atoms in total. The van der Waals surface area contributed by atoms with Gasteiger partial charge in [-0.1, -0.05) is 29.8 Å². The third-order valence-corrected chi connectivity index (χ3v) is 4.73. The fourth-order valence-electron chi connectivity index (χ4n) is 3.05. The lowest BCUT2D eigenvalue weighted by atomic mass is 10.1. The first kappa shape index (κ1) is 18.1. The molecule has 0 amide bonds. The monoisotopic (exact) mass is 393 g/mol. The Balaban J connectivity index is 1.39. The number of nitrogens with one attached hydrogen (secondary N) is 3. The van der Waals surface area contributed by atoms with E-state index in [-0.39, 0.29) is 0 Å². The molecule has 0 aliphatic carbocycles. The topological polar surface area (TPSA) is 74.9 Å². The molecule has 4 rings (SSSR count). The van der Waals surface area contributed by atoms with E-state index in [9.17, 15) is 0 Å². The molecule has 0 unspecified atom stereocenters. The average molecular weight is 394 g/mol. The number of rotatable bonds is 7. The standard InChI is InChI=1S/C21H20ClN5O/c1-28-19-7-6-15(12-17(19)22)26-20-9-11-24-21(27-20)23-10-8-14-13-25-18-5-3-2-4-16(14)18/h2-7,9,11-13,25H,8,10H2,1H3,(H2,23,24,26,27). The van der Waals surface area contributed by atoms with E-state index >= 15 is 0 Å². The first-order valence-corrected chi connectivity index (χ1v) is 9.33. The Kier molecular flexibility index (Phi) is 5.30. The molecular formula is C21H20ClN5O. The number of methoxy groups -OCH3 is 1. The van der Waals surface area contributed by atoms with Crippen molar-refractivity contribution in [1.29, 1.82) is 0 Å². The Morgan fingerprint density at radius 3 is 2.89 bits per heavy atom. The molecule has 0 bridgehead atoms. The summed E-state index contributed by atoms with van der Waals surface area (Å²) >= 11 is 6.17. The van der Waals surface area contributed by atoms with E-state index < -0.39 is 0 Å². The van der Waals surface area contributed by atoms with E-state index in [0.29, 0.717) is 22.5 Å². The molecule has 0 atom stereocenters. The zero-order valence-electron chi connectivity index (χ0n) is 15.4. The normalized spacial score (nSPS) is 10.8. The van der Waals surface area contributed by atoms with Crippen LogP contribution in [-0.2, 0) is 6.42 Å². The summed E-state index contributed by atoms with van der Waals surface area (Å²) < 4.78 is 5.17. The minimum absolute atomic E-state index is 0.540. The first-order chi connectivity index (χ1) is 13.7. The van der Waals surface area contributed by atoms with Gasteiger partial charge in [-0.25, -0.2) is 4.98 Å². The van der Waals surface area contributed by atoms with Gasteiger partial charge in [-0.3, -0.25) is 0 Å². The van der Waals surface area contributed by atoms with Gasteiger partial charge in [0.15, 0.2) is 0 Å². The van der Waals surface area contributed by atoms with Crippen LogP contribution in [0.15, 0.2) is 60.9 Å². The van der Waals surface area contributed by atoms with Gasteiger partial charge in [-0.05, 0) is 42.3 Å². The third kappa shape index (κ3) is 4.02. The Morgan fingerprint density at radius 1 is 1.14 bits per heavy atom. The van der Waals surface area contributed by atoms with Gasteiger partial charge in [-0.2, -0.15) is 4.98 Å².